The summed E-state index contributed by atoms with van der Waals surface area (Å²) in [7, 11) is 0. The quantitative estimate of drug-likeness (QED) is 0.720. The fourth-order valence-corrected chi connectivity index (χ4v) is 3.36. The fourth-order valence-electron chi connectivity index (χ4n) is 3.36. The van der Waals surface area contributed by atoms with Gasteiger partial charge in [0, 0.05) is 0 Å². The number of rotatable bonds is 6. The van der Waals surface area contributed by atoms with Gasteiger partial charge in [0.15, 0.2) is 0 Å². The van der Waals surface area contributed by atoms with E-state index in [2.05, 4.69) is 27.7 Å². The van der Waals surface area contributed by atoms with Crippen LogP contribution in [0.2, 0.25) is 0 Å². The minimum Gasteiger partial charge on any atom is -0.330 e. The van der Waals surface area contributed by atoms with Crippen LogP contribution in [0.15, 0.2) is 0 Å². The molecule has 1 heteroatoms. The van der Waals surface area contributed by atoms with Gasteiger partial charge in [-0.15, -0.1) is 0 Å². The Bertz CT molecular complexity index is 194. The summed E-state index contributed by atoms with van der Waals surface area (Å²) in [5, 5.41) is 0. The molecule has 1 nitrogen and oxygen atoms in total. The molecule has 0 aliphatic heterocycles. The van der Waals surface area contributed by atoms with E-state index in [-0.39, 0.29) is 0 Å². The summed E-state index contributed by atoms with van der Waals surface area (Å²) in [4.78, 5) is 0. The molecule has 0 radical (unpaired) electrons. The SMILES string of the molecule is CC(C)CCCC1(CN)CCC(C(C)C)CC1. The molecule has 0 aromatic rings. The largest absolute Gasteiger partial charge is 0.330 e. The predicted octanol–water partition coefficient (Wildman–Crippen LogP) is 4.60. The lowest BCUT2D eigenvalue weighted by Gasteiger charge is -2.41. The Morgan fingerprint density at radius 1 is 1.12 bits per heavy atom. The van der Waals surface area contributed by atoms with Gasteiger partial charge in [-0.2, -0.15) is 0 Å². The van der Waals surface area contributed by atoms with Crippen LogP contribution < -0.4 is 5.73 Å². The van der Waals surface area contributed by atoms with Gasteiger partial charge in [0.05, 0.1) is 0 Å². The lowest BCUT2D eigenvalue weighted by molar-refractivity contribution is 0.118. The molecule has 0 unspecified atom stereocenters. The summed E-state index contributed by atoms with van der Waals surface area (Å²) in [5.41, 5.74) is 6.58. The average Bonchev–Trinajstić information content (AvgIpc) is 2.29. The van der Waals surface area contributed by atoms with Gasteiger partial charge in [-0.1, -0.05) is 40.5 Å². The molecule has 102 valence electrons. The molecule has 0 spiro atoms. The Morgan fingerprint density at radius 2 is 1.71 bits per heavy atom. The van der Waals surface area contributed by atoms with E-state index in [4.69, 9.17) is 5.73 Å². The second-order valence-corrected chi connectivity index (χ2v) is 7.07. The Balaban J connectivity index is 2.38. The highest BCUT2D eigenvalue weighted by molar-refractivity contribution is 4.87. The second-order valence-electron chi connectivity index (χ2n) is 7.07. The Labute approximate surface area is 109 Å². The van der Waals surface area contributed by atoms with Crippen LogP contribution in [0.3, 0.4) is 0 Å². The van der Waals surface area contributed by atoms with Crippen molar-refractivity contribution < 1.29 is 0 Å². The van der Waals surface area contributed by atoms with Crippen LogP contribution in [0.25, 0.3) is 0 Å². The smallest absolute Gasteiger partial charge is 0.00205 e. The monoisotopic (exact) mass is 239 g/mol. The summed E-state index contributed by atoms with van der Waals surface area (Å²) >= 11 is 0. The minimum absolute atomic E-state index is 0.500. The van der Waals surface area contributed by atoms with Gasteiger partial charge in [-0.25, -0.2) is 0 Å². The molecule has 0 aromatic carbocycles. The van der Waals surface area contributed by atoms with Crippen LogP contribution in [-0.2, 0) is 0 Å². The molecule has 0 heterocycles. The van der Waals surface area contributed by atoms with E-state index in [1.54, 1.807) is 0 Å². The van der Waals surface area contributed by atoms with Gasteiger partial charge >= 0.3 is 0 Å². The summed E-state index contributed by atoms with van der Waals surface area (Å²) in [6, 6.07) is 0. The van der Waals surface area contributed by atoms with Crippen molar-refractivity contribution in [3.8, 4) is 0 Å². The maximum absolute atomic E-state index is 6.08. The number of nitrogens with two attached hydrogens (primary N) is 1. The minimum atomic E-state index is 0.500. The van der Waals surface area contributed by atoms with Crippen molar-refractivity contribution in [2.75, 3.05) is 6.54 Å². The second kappa shape index (κ2) is 6.78. The molecule has 1 aliphatic rings. The topological polar surface area (TPSA) is 26.0 Å². The van der Waals surface area contributed by atoms with E-state index in [9.17, 15) is 0 Å². The molecular formula is C16H33N. The normalized spacial score (nSPS) is 30.2. The third kappa shape index (κ3) is 4.62. The number of hydrogen-bond donors (Lipinski definition) is 1. The highest BCUT2D eigenvalue weighted by Crippen LogP contribution is 2.44. The molecule has 0 atom stereocenters. The first-order valence-corrected chi connectivity index (χ1v) is 7.69. The first-order valence-electron chi connectivity index (χ1n) is 7.69. The van der Waals surface area contributed by atoms with Crippen LogP contribution in [0, 0.1) is 23.2 Å². The molecule has 0 amide bonds. The fraction of sp³-hybridized carbons (Fsp3) is 1.00. The average molecular weight is 239 g/mol. The van der Waals surface area contributed by atoms with Gasteiger partial charge < -0.3 is 5.73 Å². The summed E-state index contributed by atoms with van der Waals surface area (Å²) in [6.07, 6.45) is 9.70. The van der Waals surface area contributed by atoms with Crippen molar-refractivity contribution in [2.45, 2.75) is 72.6 Å². The Kier molecular flexibility index (Phi) is 5.99. The van der Waals surface area contributed by atoms with E-state index in [1.807, 2.05) is 0 Å². The highest BCUT2D eigenvalue weighted by Gasteiger charge is 2.34. The van der Waals surface area contributed by atoms with Crippen LogP contribution >= 0.6 is 0 Å². The molecule has 2 N–H and O–H groups in total. The van der Waals surface area contributed by atoms with Crippen LogP contribution in [0.5, 0.6) is 0 Å². The summed E-state index contributed by atoms with van der Waals surface area (Å²) in [5.74, 6) is 2.66. The Morgan fingerprint density at radius 3 is 2.12 bits per heavy atom. The zero-order valence-corrected chi connectivity index (χ0v) is 12.5. The molecule has 1 saturated carbocycles. The third-order valence-corrected chi connectivity index (χ3v) is 4.96. The molecule has 0 saturated heterocycles. The maximum atomic E-state index is 6.08. The van der Waals surface area contributed by atoms with Crippen LogP contribution in [0.1, 0.15) is 72.6 Å². The van der Waals surface area contributed by atoms with Crippen molar-refractivity contribution in [2.24, 2.45) is 28.9 Å². The van der Waals surface area contributed by atoms with E-state index < -0.39 is 0 Å². The van der Waals surface area contributed by atoms with Crippen molar-refractivity contribution in [3.63, 3.8) is 0 Å². The Hall–Kier alpha value is -0.0400. The predicted molar refractivity (Wildman–Crippen MR) is 77.0 cm³/mol. The van der Waals surface area contributed by atoms with Gasteiger partial charge in [-0.05, 0) is 61.8 Å². The van der Waals surface area contributed by atoms with Gasteiger partial charge in [-0.3, -0.25) is 0 Å². The van der Waals surface area contributed by atoms with E-state index in [0.717, 1.165) is 24.3 Å². The van der Waals surface area contributed by atoms with Crippen LogP contribution in [-0.4, -0.2) is 6.54 Å². The zero-order chi connectivity index (χ0) is 12.9. The van der Waals surface area contributed by atoms with Gasteiger partial charge in [0.1, 0.15) is 0 Å². The summed E-state index contributed by atoms with van der Waals surface area (Å²) < 4.78 is 0. The van der Waals surface area contributed by atoms with Crippen molar-refractivity contribution in [1.29, 1.82) is 0 Å². The molecule has 1 aliphatic carbocycles. The van der Waals surface area contributed by atoms with Gasteiger partial charge in [0.2, 0.25) is 0 Å². The molecule has 1 rings (SSSR count). The molecule has 0 bridgehead atoms. The zero-order valence-electron chi connectivity index (χ0n) is 12.5. The van der Waals surface area contributed by atoms with Crippen molar-refractivity contribution >= 4 is 0 Å². The maximum Gasteiger partial charge on any atom is -0.00205 e. The molecule has 1 fully saturated rings. The van der Waals surface area contributed by atoms with E-state index in [0.29, 0.717) is 5.41 Å². The lowest BCUT2D eigenvalue weighted by atomic mass is 9.66. The van der Waals surface area contributed by atoms with Crippen LogP contribution in [0.4, 0.5) is 0 Å². The standard InChI is InChI=1S/C16H33N/c1-13(2)6-5-9-16(12-17)10-7-15(8-11-16)14(3)4/h13-15H,5-12,17H2,1-4H3. The first kappa shape index (κ1) is 15.0. The lowest BCUT2D eigenvalue weighted by Crippen LogP contribution is -2.36. The molecular weight excluding hydrogens is 206 g/mol. The molecule has 0 aromatic heterocycles. The van der Waals surface area contributed by atoms with Crippen molar-refractivity contribution in [1.82, 2.24) is 0 Å². The highest BCUT2D eigenvalue weighted by atomic mass is 14.6. The van der Waals surface area contributed by atoms with E-state index >= 15 is 0 Å². The van der Waals surface area contributed by atoms with Crippen molar-refractivity contribution in [3.05, 3.63) is 0 Å². The number of hydrogen-bond acceptors (Lipinski definition) is 1. The first-order chi connectivity index (χ1) is 7.99. The summed E-state index contributed by atoms with van der Waals surface area (Å²) in [6.45, 7) is 10.3. The van der Waals surface area contributed by atoms with E-state index in [1.165, 1.54) is 44.9 Å². The third-order valence-electron chi connectivity index (χ3n) is 4.96. The molecule has 17 heavy (non-hydrogen) atoms. The van der Waals surface area contributed by atoms with Gasteiger partial charge in [0.25, 0.3) is 0 Å².